The molecule has 0 radical (unpaired) electrons. The zero-order chi connectivity index (χ0) is 7.28. The second-order valence-corrected chi connectivity index (χ2v) is 2.08. The first-order valence-corrected chi connectivity index (χ1v) is 3.20. The van der Waals surface area contributed by atoms with E-state index in [0.717, 1.165) is 6.42 Å². The first kappa shape index (κ1) is 12.4. The number of nitrogens with one attached hydrogen (secondary N) is 1. The molecule has 0 aliphatic carbocycles. The number of rotatable bonds is 3. The zero-order valence-corrected chi connectivity index (χ0v) is 7.20. The van der Waals surface area contributed by atoms with E-state index in [9.17, 15) is 4.79 Å². The van der Waals surface area contributed by atoms with Gasteiger partial charge >= 0.3 is 0 Å². The number of halogens is 1. The fourth-order valence-corrected chi connectivity index (χ4v) is 0.436. The summed E-state index contributed by atoms with van der Waals surface area (Å²) < 4.78 is 0. The minimum Gasteiger partial charge on any atom is -0.353 e. The van der Waals surface area contributed by atoms with Crippen molar-refractivity contribution in [3.05, 3.63) is 0 Å². The predicted molar refractivity (Wildman–Crippen MR) is 44.2 cm³/mol. The Morgan fingerprint density at radius 2 is 2.20 bits per heavy atom. The zero-order valence-electron chi connectivity index (χ0n) is 6.39. The van der Waals surface area contributed by atoms with Crippen LogP contribution in [0.4, 0.5) is 0 Å². The van der Waals surface area contributed by atoms with Crippen LogP contribution < -0.4 is 11.1 Å². The Hall–Kier alpha value is -0.280. The highest BCUT2D eigenvalue weighted by molar-refractivity contribution is 5.85. The molecule has 0 rings (SSSR count). The average molecular weight is 167 g/mol. The van der Waals surface area contributed by atoms with Crippen molar-refractivity contribution < 1.29 is 4.79 Å². The van der Waals surface area contributed by atoms with Gasteiger partial charge < -0.3 is 11.1 Å². The van der Waals surface area contributed by atoms with Crippen LogP contribution in [-0.2, 0) is 4.79 Å². The van der Waals surface area contributed by atoms with Gasteiger partial charge in [-0.3, -0.25) is 4.79 Å². The van der Waals surface area contributed by atoms with Crippen LogP contribution in [-0.4, -0.2) is 18.5 Å². The van der Waals surface area contributed by atoms with Gasteiger partial charge in [-0.25, -0.2) is 0 Å². The third-order valence-electron chi connectivity index (χ3n) is 1.21. The lowest BCUT2D eigenvalue weighted by Gasteiger charge is -2.08. The topological polar surface area (TPSA) is 55.1 Å². The Labute approximate surface area is 67.8 Å². The number of carbonyl (C=O) groups is 1. The normalized spacial score (nSPS) is 11.5. The van der Waals surface area contributed by atoms with Crippen LogP contribution in [0, 0.1) is 0 Å². The third kappa shape index (κ3) is 5.85. The van der Waals surface area contributed by atoms with Crippen LogP contribution in [0.3, 0.4) is 0 Å². The standard InChI is InChI=1S/C6H14N2O.ClH/c1-3-5(2)8-6(9)4-7;/h5H,3-4,7H2,1-2H3,(H,8,9);1H. The van der Waals surface area contributed by atoms with Gasteiger partial charge in [-0.2, -0.15) is 0 Å². The molecule has 0 bridgehead atoms. The van der Waals surface area contributed by atoms with E-state index < -0.39 is 0 Å². The van der Waals surface area contributed by atoms with Gasteiger partial charge in [0.1, 0.15) is 0 Å². The summed E-state index contributed by atoms with van der Waals surface area (Å²) in [6, 6.07) is 0.251. The first-order valence-electron chi connectivity index (χ1n) is 3.20. The molecule has 1 atom stereocenters. The summed E-state index contributed by atoms with van der Waals surface area (Å²) in [6.45, 7) is 4.05. The van der Waals surface area contributed by atoms with E-state index in [-0.39, 0.29) is 30.9 Å². The minimum absolute atomic E-state index is 0. The molecule has 4 heteroatoms. The molecule has 0 aliphatic rings. The number of carbonyl (C=O) groups excluding carboxylic acids is 1. The number of hydrogen-bond donors (Lipinski definition) is 2. The molecule has 0 aliphatic heterocycles. The van der Waals surface area contributed by atoms with Crippen LogP contribution in [0.25, 0.3) is 0 Å². The summed E-state index contributed by atoms with van der Waals surface area (Å²) in [6.07, 6.45) is 0.950. The maximum atomic E-state index is 10.5. The third-order valence-corrected chi connectivity index (χ3v) is 1.21. The molecule has 0 fully saturated rings. The quantitative estimate of drug-likeness (QED) is 0.633. The van der Waals surface area contributed by atoms with E-state index >= 15 is 0 Å². The Kier molecular flexibility index (Phi) is 8.48. The largest absolute Gasteiger partial charge is 0.353 e. The van der Waals surface area contributed by atoms with E-state index in [1.54, 1.807) is 0 Å². The van der Waals surface area contributed by atoms with Crippen molar-refractivity contribution in [2.75, 3.05) is 6.54 Å². The fraction of sp³-hybridized carbons (Fsp3) is 0.833. The highest BCUT2D eigenvalue weighted by Crippen LogP contribution is 1.85. The second-order valence-electron chi connectivity index (χ2n) is 2.08. The van der Waals surface area contributed by atoms with E-state index in [0.29, 0.717) is 0 Å². The molecule has 1 amide bonds. The van der Waals surface area contributed by atoms with Crippen LogP contribution >= 0.6 is 12.4 Å². The summed E-state index contributed by atoms with van der Waals surface area (Å²) >= 11 is 0. The molecule has 3 nitrogen and oxygen atoms in total. The first-order chi connectivity index (χ1) is 4.20. The highest BCUT2D eigenvalue weighted by Gasteiger charge is 2.00. The monoisotopic (exact) mass is 166 g/mol. The molecule has 0 saturated heterocycles. The maximum Gasteiger partial charge on any atom is 0.233 e. The summed E-state index contributed by atoms with van der Waals surface area (Å²) in [5.41, 5.74) is 5.06. The van der Waals surface area contributed by atoms with Crippen molar-refractivity contribution in [1.82, 2.24) is 5.32 Å². The van der Waals surface area contributed by atoms with Crippen LogP contribution in [0.15, 0.2) is 0 Å². The Bertz CT molecular complexity index is 97.7. The van der Waals surface area contributed by atoms with E-state index in [2.05, 4.69) is 5.32 Å². The smallest absolute Gasteiger partial charge is 0.233 e. The molecular weight excluding hydrogens is 152 g/mol. The molecule has 0 aromatic rings. The van der Waals surface area contributed by atoms with Crippen molar-refractivity contribution >= 4 is 18.3 Å². The van der Waals surface area contributed by atoms with Crippen molar-refractivity contribution in [3.63, 3.8) is 0 Å². The Balaban J connectivity index is 0. The molecule has 0 heterocycles. The molecular formula is C6H15ClN2O. The lowest BCUT2D eigenvalue weighted by Crippen LogP contribution is -2.36. The van der Waals surface area contributed by atoms with Crippen molar-refractivity contribution in [3.8, 4) is 0 Å². The molecule has 0 saturated carbocycles. The van der Waals surface area contributed by atoms with E-state index in [4.69, 9.17) is 5.73 Å². The fourth-order valence-electron chi connectivity index (χ4n) is 0.436. The van der Waals surface area contributed by atoms with Gasteiger partial charge in [-0.15, -0.1) is 12.4 Å². The minimum atomic E-state index is -0.0793. The highest BCUT2D eigenvalue weighted by atomic mass is 35.5. The second kappa shape index (κ2) is 6.83. The summed E-state index contributed by atoms with van der Waals surface area (Å²) in [5, 5.41) is 2.72. The van der Waals surface area contributed by atoms with Gasteiger partial charge in [0.05, 0.1) is 6.54 Å². The Morgan fingerprint density at radius 1 is 1.70 bits per heavy atom. The summed E-state index contributed by atoms with van der Waals surface area (Å²) in [4.78, 5) is 10.5. The summed E-state index contributed by atoms with van der Waals surface area (Å²) in [7, 11) is 0. The molecule has 0 aromatic carbocycles. The SMILES string of the molecule is CCC(C)NC(=O)CN.Cl. The van der Waals surface area contributed by atoms with Crippen molar-refractivity contribution in [2.45, 2.75) is 26.3 Å². The average Bonchev–Trinajstić information content (AvgIpc) is 1.87. The van der Waals surface area contributed by atoms with Crippen LogP contribution in [0.2, 0.25) is 0 Å². The molecule has 1 unspecified atom stereocenters. The number of nitrogens with two attached hydrogens (primary N) is 1. The number of amides is 1. The van der Waals surface area contributed by atoms with E-state index in [1.165, 1.54) is 0 Å². The molecule has 62 valence electrons. The molecule has 0 aromatic heterocycles. The number of hydrogen-bond acceptors (Lipinski definition) is 2. The lowest BCUT2D eigenvalue weighted by atomic mass is 10.2. The summed E-state index contributed by atoms with van der Waals surface area (Å²) in [5.74, 6) is -0.0793. The van der Waals surface area contributed by atoms with Gasteiger partial charge in [0.25, 0.3) is 0 Å². The molecule has 10 heavy (non-hydrogen) atoms. The van der Waals surface area contributed by atoms with Gasteiger partial charge in [-0.05, 0) is 13.3 Å². The van der Waals surface area contributed by atoms with Crippen LogP contribution in [0.5, 0.6) is 0 Å². The predicted octanol–water partition coefficient (Wildman–Crippen LogP) is 0.282. The van der Waals surface area contributed by atoms with Crippen molar-refractivity contribution in [2.24, 2.45) is 5.73 Å². The van der Waals surface area contributed by atoms with Crippen LogP contribution in [0.1, 0.15) is 20.3 Å². The lowest BCUT2D eigenvalue weighted by molar-refractivity contribution is -0.120. The Morgan fingerprint density at radius 3 is 2.50 bits per heavy atom. The van der Waals surface area contributed by atoms with Gasteiger partial charge in [-0.1, -0.05) is 6.92 Å². The maximum absolute atomic E-state index is 10.5. The molecule has 3 N–H and O–H groups in total. The molecule has 0 spiro atoms. The van der Waals surface area contributed by atoms with Gasteiger partial charge in [0, 0.05) is 6.04 Å². The van der Waals surface area contributed by atoms with Gasteiger partial charge in [0.2, 0.25) is 5.91 Å². The van der Waals surface area contributed by atoms with Gasteiger partial charge in [0.15, 0.2) is 0 Å². The van der Waals surface area contributed by atoms with Crippen molar-refractivity contribution in [1.29, 1.82) is 0 Å². The van der Waals surface area contributed by atoms with E-state index in [1.807, 2.05) is 13.8 Å².